The van der Waals surface area contributed by atoms with Gasteiger partial charge in [-0.1, -0.05) is 13.8 Å². The van der Waals surface area contributed by atoms with Gasteiger partial charge in [-0.2, -0.15) is 13.2 Å². The van der Waals surface area contributed by atoms with E-state index < -0.39 is 17.8 Å². The monoisotopic (exact) mass is 304 g/mol. The lowest BCUT2D eigenvalue weighted by Crippen LogP contribution is -2.38. The first kappa shape index (κ1) is 17.1. The third kappa shape index (κ3) is 5.17. The minimum Gasteiger partial charge on any atom is -0.479 e. The summed E-state index contributed by atoms with van der Waals surface area (Å²) in [6.45, 7) is 5.89. The molecule has 0 fully saturated rings. The minimum absolute atomic E-state index is 0.0511. The second-order valence-corrected chi connectivity index (χ2v) is 5.15. The number of rotatable bonds is 5. The van der Waals surface area contributed by atoms with Crippen molar-refractivity contribution in [2.45, 2.75) is 33.1 Å². The van der Waals surface area contributed by atoms with Crippen LogP contribution in [0.5, 0.6) is 5.75 Å². The Labute approximate surface area is 121 Å². The smallest absolute Gasteiger partial charge is 0.416 e. The van der Waals surface area contributed by atoms with Crippen molar-refractivity contribution >= 4 is 11.6 Å². The molecule has 3 N–H and O–H groups in total. The predicted octanol–water partition coefficient (Wildman–Crippen LogP) is 2.83. The number of nitrogens with two attached hydrogens (primary N) is 1. The number of anilines is 1. The maximum atomic E-state index is 12.5. The van der Waals surface area contributed by atoms with Crippen molar-refractivity contribution in [1.29, 1.82) is 0 Å². The number of hydrogen-bond acceptors (Lipinski definition) is 3. The molecule has 118 valence electrons. The van der Waals surface area contributed by atoms with Crippen LogP contribution in [0.15, 0.2) is 18.2 Å². The summed E-state index contributed by atoms with van der Waals surface area (Å²) in [5.74, 6) is -0.00418. The number of ether oxygens (including phenoxy) is 1. The number of nitrogen functional groups attached to an aromatic ring is 1. The molecule has 1 aromatic carbocycles. The SMILES string of the molecule is CC(C)CNC(=O)C(C)Oc1ccc(C(F)(F)F)cc1N. The molecule has 1 rings (SSSR count). The summed E-state index contributed by atoms with van der Waals surface area (Å²) in [7, 11) is 0. The number of hydrogen-bond donors (Lipinski definition) is 2. The highest BCUT2D eigenvalue weighted by Gasteiger charge is 2.31. The van der Waals surface area contributed by atoms with Crippen LogP contribution in [-0.4, -0.2) is 18.6 Å². The first-order valence-corrected chi connectivity index (χ1v) is 6.52. The highest BCUT2D eigenvalue weighted by Crippen LogP contribution is 2.33. The van der Waals surface area contributed by atoms with Gasteiger partial charge in [-0.3, -0.25) is 4.79 Å². The van der Waals surface area contributed by atoms with Gasteiger partial charge in [-0.25, -0.2) is 0 Å². The number of alkyl halides is 3. The van der Waals surface area contributed by atoms with Gasteiger partial charge in [-0.15, -0.1) is 0 Å². The summed E-state index contributed by atoms with van der Waals surface area (Å²) in [6.07, 6.45) is -5.31. The highest BCUT2D eigenvalue weighted by molar-refractivity contribution is 5.80. The molecule has 0 aliphatic rings. The van der Waals surface area contributed by atoms with Gasteiger partial charge in [0.05, 0.1) is 11.3 Å². The highest BCUT2D eigenvalue weighted by atomic mass is 19.4. The van der Waals surface area contributed by atoms with E-state index in [4.69, 9.17) is 10.5 Å². The van der Waals surface area contributed by atoms with Crippen molar-refractivity contribution in [3.05, 3.63) is 23.8 Å². The average Bonchev–Trinajstić information content (AvgIpc) is 2.36. The molecule has 1 unspecified atom stereocenters. The summed E-state index contributed by atoms with van der Waals surface area (Å²) < 4.78 is 42.8. The molecule has 1 atom stereocenters. The fourth-order valence-corrected chi connectivity index (χ4v) is 1.52. The second kappa shape index (κ2) is 6.69. The van der Waals surface area contributed by atoms with Crippen molar-refractivity contribution in [1.82, 2.24) is 5.32 Å². The molecule has 21 heavy (non-hydrogen) atoms. The maximum absolute atomic E-state index is 12.5. The molecule has 1 amide bonds. The van der Waals surface area contributed by atoms with Crippen LogP contribution in [0.4, 0.5) is 18.9 Å². The van der Waals surface area contributed by atoms with Gasteiger partial charge in [0.25, 0.3) is 5.91 Å². The van der Waals surface area contributed by atoms with E-state index in [0.717, 1.165) is 18.2 Å². The van der Waals surface area contributed by atoms with Crippen molar-refractivity contribution in [2.24, 2.45) is 5.92 Å². The van der Waals surface area contributed by atoms with Crippen molar-refractivity contribution in [2.75, 3.05) is 12.3 Å². The number of carbonyl (C=O) groups excluding carboxylic acids is 1. The topological polar surface area (TPSA) is 64.3 Å². The Morgan fingerprint density at radius 2 is 1.95 bits per heavy atom. The maximum Gasteiger partial charge on any atom is 0.416 e. The van der Waals surface area contributed by atoms with Crippen LogP contribution < -0.4 is 15.8 Å². The lowest BCUT2D eigenvalue weighted by Gasteiger charge is -2.17. The van der Waals surface area contributed by atoms with E-state index >= 15 is 0 Å². The Hall–Kier alpha value is -1.92. The minimum atomic E-state index is -4.47. The van der Waals surface area contributed by atoms with Crippen LogP contribution in [0.25, 0.3) is 0 Å². The van der Waals surface area contributed by atoms with Crippen LogP contribution >= 0.6 is 0 Å². The molecule has 0 saturated carbocycles. The third-order valence-electron chi connectivity index (χ3n) is 2.69. The Balaban J connectivity index is 2.73. The molecule has 0 spiro atoms. The van der Waals surface area contributed by atoms with E-state index in [1.54, 1.807) is 0 Å². The lowest BCUT2D eigenvalue weighted by atomic mass is 10.2. The van der Waals surface area contributed by atoms with Gasteiger partial charge < -0.3 is 15.8 Å². The van der Waals surface area contributed by atoms with Gasteiger partial charge in [0.2, 0.25) is 0 Å². The Morgan fingerprint density at radius 3 is 2.43 bits per heavy atom. The standard InChI is InChI=1S/C14H19F3N2O2/c1-8(2)7-19-13(20)9(3)21-12-5-4-10(6-11(12)18)14(15,16)17/h4-6,8-9H,7,18H2,1-3H3,(H,19,20). The summed E-state index contributed by atoms with van der Waals surface area (Å²) in [5, 5.41) is 2.67. The van der Waals surface area contributed by atoms with Gasteiger partial charge in [0.15, 0.2) is 6.10 Å². The summed E-state index contributed by atoms with van der Waals surface area (Å²) in [5.41, 5.74) is 4.52. The van der Waals surface area contributed by atoms with Crippen LogP contribution in [-0.2, 0) is 11.0 Å². The zero-order valence-electron chi connectivity index (χ0n) is 12.1. The van der Waals surface area contributed by atoms with Gasteiger partial charge >= 0.3 is 6.18 Å². The molecule has 0 aromatic heterocycles. The number of nitrogens with one attached hydrogen (secondary N) is 1. The molecule has 1 aromatic rings. The zero-order chi connectivity index (χ0) is 16.2. The molecule has 0 saturated heterocycles. The molecule has 0 radical (unpaired) electrons. The predicted molar refractivity (Wildman–Crippen MR) is 73.8 cm³/mol. The molecule has 0 aliphatic carbocycles. The number of amides is 1. The van der Waals surface area contributed by atoms with Crippen molar-refractivity contribution < 1.29 is 22.7 Å². The van der Waals surface area contributed by atoms with E-state index in [9.17, 15) is 18.0 Å². The summed E-state index contributed by atoms with van der Waals surface area (Å²) >= 11 is 0. The Bertz CT molecular complexity index is 501. The molecule has 0 heterocycles. The van der Waals surface area contributed by atoms with Crippen LogP contribution in [0.1, 0.15) is 26.3 Å². The molecule has 4 nitrogen and oxygen atoms in total. The quantitative estimate of drug-likeness (QED) is 0.822. The largest absolute Gasteiger partial charge is 0.479 e. The fraction of sp³-hybridized carbons (Fsp3) is 0.500. The number of benzene rings is 1. The lowest BCUT2D eigenvalue weighted by molar-refractivity contribution is -0.137. The van der Waals surface area contributed by atoms with E-state index in [1.165, 1.54) is 6.92 Å². The Morgan fingerprint density at radius 1 is 1.33 bits per heavy atom. The normalized spacial score (nSPS) is 13.1. The third-order valence-corrected chi connectivity index (χ3v) is 2.69. The number of carbonyl (C=O) groups is 1. The van der Waals surface area contributed by atoms with Gasteiger partial charge in [0, 0.05) is 6.54 Å². The van der Waals surface area contributed by atoms with Crippen LogP contribution in [0.2, 0.25) is 0 Å². The van der Waals surface area contributed by atoms with E-state index in [0.29, 0.717) is 6.54 Å². The molecular weight excluding hydrogens is 285 g/mol. The van der Waals surface area contributed by atoms with E-state index in [1.807, 2.05) is 13.8 Å². The van der Waals surface area contributed by atoms with Crippen LogP contribution in [0, 0.1) is 5.92 Å². The Kier molecular flexibility index (Phi) is 5.46. The molecule has 7 heteroatoms. The van der Waals surface area contributed by atoms with E-state index in [2.05, 4.69) is 5.32 Å². The molecule has 0 bridgehead atoms. The van der Waals surface area contributed by atoms with E-state index in [-0.39, 0.29) is 23.3 Å². The molecular formula is C14H19F3N2O2. The van der Waals surface area contributed by atoms with Gasteiger partial charge in [-0.05, 0) is 31.0 Å². The van der Waals surface area contributed by atoms with Crippen LogP contribution in [0.3, 0.4) is 0 Å². The van der Waals surface area contributed by atoms with Gasteiger partial charge in [0.1, 0.15) is 5.75 Å². The summed E-state index contributed by atoms with van der Waals surface area (Å²) in [6, 6.07) is 2.77. The molecule has 0 aliphatic heterocycles. The van der Waals surface area contributed by atoms with Crippen molar-refractivity contribution in [3.8, 4) is 5.75 Å². The fourth-order valence-electron chi connectivity index (χ4n) is 1.52. The average molecular weight is 304 g/mol. The first-order valence-electron chi connectivity index (χ1n) is 6.52. The summed E-state index contributed by atoms with van der Waals surface area (Å²) in [4.78, 5) is 11.7. The second-order valence-electron chi connectivity index (χ2n) is 5.15. The number of halogens is 3. The first-order chi connectivity index (χ1) is 9.61. The van der Waals surface area contributed by atoms with Crippen molar-refractivity contribution in [3.63, 3.8) is 0 Å². The zero-order valence-corrected chi connectivity index (χ0v) is 12.1.